The second kappa shape index (κ2) is 6.06. The molecule has 1 atom stereocenters. The van der Waals surface area contributed by atoms with Gasteiger partial charge in [0.2, 0.25) is 0 Å². The minimum atomic E-state index is -0.123. The number of hydrogen-bond acceptors (Lipinski definition) is 2. The smallest absolute Gasteiger partial charge is 0.322 e. The molecule has 2 amide bonds. The first-order valence-corrected chi connectivity index (χ1v) is 6.90. The van der Waals surface area contributed by atoms with Gasteiger partial charge in [0.05, 0.1) is 0 Å². The van der Waals surface area contributed by atoms with E-state index in [4.69, 9.17) is 5.11 Å². The van der Waals surface area contributed by atoms with Crippen molar-refractivity contribution >= 4 is 11.7 Å². The van der Waals surface area contributed by atoms with E-state index in [9.17, 15) is 4.79 Å². The van der Waals surface area contributed by atoms with Gasteiger partial charge in [0, 0.05) is 24.4 Å². The number of hydrogen-bond donors (Lipinski definition) is 2. The van der Waals surface area contributed by atoms with E-state index in [-0.39, 0.29) is 18.2 Å². The molecule has 0 spiro atoms. The van der Waals surface area contributed by atoms with Gasteiger partial charge < -0.3 is 15.3 Å². The Morgan fingerprint density at radius 3 is 2.84 bits per heavy atom. The first-order valence-electron chi connectivity index (χ1n) is 6.90. The summed E-state index contributed by atoms with van der Waals surface area (Å²) < 4.78 is 0. The molecule has 1 heterocycles. The zero-order valence-electron chi connectivity index (χ0n) is 11.4. The molecule has 2 N–H and O–H groups in total. The summed E-state index contributed by atoms with van der Waals surface area (Å²) in [5, 5.41) is 11.9. The van der Waals surface area contributed by atoms with Crippen LogP contribution >= 0.6 is 0 Å². The van der Waals surface area contributed by atoms with Crippen LogP contribution in [-0.4, -0.2) is 34.7 Å². The van der Waals surface area contributed by atoms with Crippen LogP contribution in [0, 0.1) is 0 Å². The summed E-state index contributed by atoms with van der Waals surface area (Å²) in [5.74, 6) is 0. The number of nitrogens with one attached hydrogen (secondary N) is 1. The van der Waals surface area contributed by atoms with E-state index in [0.717, 1.165) is 37.9 Å². The molecule has 19 heavy (non-hydrogen) atoms. The maximum atomic E-state index is 12.3. The van der Waals surface area contributed by atoms with E-state index < -0.39 is 0 Å². The number of likely N-dealkylation sites (tertiary alicyclic amines) is 1. The largest absolute Gasteiger partial charge is 0.396 e. The van der Waals surface area contributed by atoms with Crippen LogP contribution < -0.4 is 5.32 Å². The average molecular weight is 262 g/mol. The zero-order valence-corrected chi connectivity index (χ0v) is 11.4. The first kappa shape index (κ1) is 13.9. The van der Waals surface area contributed by atoms with Crippen LogP contribution in [-0.2, 0) is 0 Å². The molecule has 1 aromatic carbocycles. The maximum Gasteiger partial charge on any atom is 0.322 e. The van der Waals surface area contributed by atoms with E-state index in [2.05, 4.69) is 12.2 Å². The molecule has 104 valence electrons. The van der Waals surface area contributed by atoms with Crippen molar-refractivity contribution in [2.45, 2.75) is 38.1 Å². The third kappa shape index (κ3) is 3.26. The Hall–Kier alpha value is -1.55. The number of para-hydroxylation sites is 1. The number of rotatable bonds is 4. The number of amides is 2. The summed E-state index contributed by atoms with van der Waals surface area (Å²) in [6.45, 7) is 3.09. The van der Waals surface area contributed by atoms with Crippen LogP contribution in [0.4, 0.5) is 10.5 Å². The minimum Gasteiger partial charge on any atom is -0.396 e. The van der Waals surface area contributed by atoms with Crippen molar-refractivity contribution in [1.82, 2.24) is 4.90 Å². The molecule has 1 aliphatic heterocycles. The molecule has 1 saturated heterocycles. The Balaban J connectivity index is 2.01. The third-order valence-corrected chi connectivity index (χ3v) is 3.89. The van der Waals surface area contributed by atoms with Gasteiger partial charge in [-0.3, -0.25) is 0 Å². The molecule has 1 aliphatic rings. The number of carbonyl (C=O) groups excluding carboxylic acids is 1. The lowest BCUT2D eigenvalue weighted by atomic mass is 9.93. The third-order valence-electron chi connectivity index (χ3n) is 3.89. The monoisotopic (exact) mass is 262 g/mol. The van der Waals surface area contributed by atoms with Gasteiger partial charge in [-0.1, -0.05) is 18.2 Å². The molecule has 0 bridgehead atoms. The number of aliphatic hydroxyl groups excluding tert-OH is 1. The maximum absolute atomic E-state index is 12.3. The van der Waals surface area contributed by atoms with E-state index in [1.165, 1.54) is 0 Å². The fourth-order valence-electron chi connectivity index (χ4n) is 2.80. The molecular weight excluding hydrogens is 240 g/mol. The highest BCUT2D eigenvalue weighted by atomic mass is 16.3. The van der Waals surface area contributed by atoms with Crippen molar-refractivity contribution in [2.75, 3.05) is 18.5 Å². The summed E-state index contributed by atoms with van der Waals surface area (Å²) in [6.07, 6.45) is 3.64. The van der Waals surface area contributed by atoms with Crippen molar-refractivity contribution in [2.24, 2.45) is 0 Å². The van der Waals surface area contributed by atoms with E-state index in [0.29, 0.717) is 0 Å². The van der Waals surface area contributed by atoms with Gasteiger partial charge in [0.1, 0.15) is 0 Å². The Bertz CT molecular complexity index is 421. The number of aliphatic hydroxyl groups is 1. The van der Waals surface area contributed by atoms with Gasteiger partial charge in [-0.05, 0) is 44.7 Å². The predicted octanol–water partition coefficient (Wildman–Crippen LogP) is 2.85. The molecule has 1 fully saturated rings. The van der Waals surface area contributed by atoms with Gasteiger partial charge in [0.25, 0.3) is 0 Å². The first-order chi connectivity index (χ1) is 9.15. The summed E-state index contributed by atoms with van der Waals surface area (Å²) in [6, 6.07) is 9.48. The van der Waals surface area contributed by atoms with Crippen LogP contribution in [0.15, 0.2) is 30.3 Å². The fraction of sp³-hybridized carbons (Fsp3) is 0.533. The molecule has 0 aliphatic carbocycles. The number of anilines is 1. The summed E-state index contributed by atoms with van der Waals surface area (Å²) in [5.41, 5.74) is 0.700. The van der Waals surface area contributed by atoms with E-state index in [1.807, 2.05) is 35.2 Å². The fourth-order valence-corrected chi connectivity index (χ4v) is 2.80. The summed E-state index contributed by atoms with van der Waals surface area (Å²) >= 11 is 0. The predicted molar refractivity (Wildman–Crippen MR) is 76.1 cm³/mol. The molecule has 0 aromatic heterocycles. The standard InChI is InChI=1S/C15H22N2O2/c1-15(10-6-12-18)9-5-11-17(15)14(19)16-13-7-3-2-4-8-13/h2-4,7-8,18H,5-6,9-12H2,1H3,(H,16,19)/t15-/m1/s1. The number of urea groups is 1. The molecular formula is C15H22N2O2. The highest BCUT2D eigenvalue weighted by molar-refractivity contribution is 5.90. The molecule has 4 nitrogen and oxygen atoms in total. The van der Waals surface area contributed by atoms with Gasteiger partial charge in [0.15, 0.2) is 0 Å². The second-order valence-electron chi connectivity index (χ2n) is 5.38. The number of carbonyl (C=O) groups is 1. The number of benzene rings is 1. The van der Waals surface area contributed by atoms with Crippen LogP contribution in [0.2, 0.25) is 0 Å². The van der Waals surface area contributed by atoms with Gasteiger partial charge in [-0.15, -0.1) is 0 Å². The van der Waals surface area contributed by atoms with Crippen molar-refractivity contribution in [1.29, 1.82) is 0 Å². The van der Waals surface area contributed by atoms with E-state index in [1.54, 1.807) is 0 Å². The normalized spacial score (nSPS) is 22.5. The summed E-state index contributed by atoms with van der Waals surface area (Å²) in [7, 11) is 0. The highest BCUT2D eigenvalue weighted by Crippen LogP contribution is 2.33. The SMILES string of the molecule is C[C@]1(CCCO)CCCN1C(=O)Nc1ccccc1. The molecule has 0 unspecified atom stereocenters. The Morgan fingerprint density at radius 2 is 2.16 bits per heavy atom. The van der Waals surface area contributed by atoms with Crippen molar-refractivity contribution in [3.63, 3.8) is 0 Å². The molecule has 0 radical (unpaired) electrons. The summed E-state index contributed by atoms with van der Waals surface area (Å²) in [4.78, 5) is 14.3. The van der Waals surface area contributed by atoms with Gasteiger partial charge in [-0.2, -0.15) is 0 Å². The van der Waals surface area contributed by atoms with Crippen molar-refractivity contribution in [3.8, 4) is 0 Å². The van der Waals surface area contributed by atoms with Crippen LogP contribution in [0.1, 0.15) is 32.6 Å². The lowest BCUT2D eigenvalue weighted by Crippen LogP contribution is -2.47. The quantitative estimate of drug-likeness (QED) is 0.876. The van der Waals surface area contributed by atoms with Crippen LogP contribution in [0.5, 0.6) is 0 Å². The number of nitrogens with zero attached hydrogens (tertiary/aromatic N) is 1. The molecule has 1 aromatic rings. The topological polar surface area (TPSA) is 52.6 Å². The Labute approximate surface area is 114 Å². The molecule has 2 rings (SSSR count). The van der Waals surface area contributed by atoms with Gasteiger partial charge in [-0.25, -0.2) is 4.79 Å². The minimum absolute atomic E-state index is 0.0378. The zero-order chi connectivity index (χ0) is 13.7. The second-order valence-corrected chi connectivity index (χ2v) is 5.38. The lowest BCUT2D eigenvalue weighted by Gasteiger charge is -2.35. The highest BCUT2D eigenvalue weighted by Gasteiger charge is 2.38. The van der Waals surface area contributed by atoms with Crippen molar-refractivity contribution in [3.05, 3.63) is 30.3 Å². The lowest BCUT2D eigenvalue weighted by molar-refractivity contribution is 0.151. The average Bonchev–Trinajstić information content (AvgIpc) is 2.80. The van der Waals surface area contributed by atoms with Crippen molar-refractivity contribution < 1.29 is 9.90 Å². The van der Waals surface area contributed by atoms with Gasteiger partial charge >= 0.3 is 6.03 Å². The van der Waals surface area contributed by atoms with Crippen LogP contribution in [0.25, 0.3) is 0 Å². The molecule has 0 saturated carbocycles. The van der Waals surface area contributed by atoms with Crippen LogP contribution in [0.3, 0.4) is 0 Å². The molecule has 4 heteroatoms. The Kier molecular flexibility index (Phi) is 4.43. The van der Waals surface area contributed by atoms with E-state index >= 15 is 0 Å². The Morgan fingerprint density at radius 1 is 1.42 bits per heavy atom.